The molecular formula is C18H13BrF3N3O2. The van der Waals surface area contributed by atoms with Gasteiger partial charge >= 0.3 is 6.18 Å². The summed E-state index contributed by atoms with van der Waals surface area (Å²) in [5.41, 5.74) is 0.288. The zero-order valence-electron chi connectivity index (χ0n) is 13.8. The molecule has 0 aliphatic rings. The van der Waals surface area contributed by atoms with Crippen molar-refractivity contribution in [2.45, 2.75) is 19.1 Å². The first-order valence-corrected chi connectivity index (χ1v) is 8.62. The molecule has 9 heteroatoms. The van der Waals surface area contributed by atoms with Gasteiger partial charge in [0.15, 0.2) is 0 Å². The highest BCUT2D eigenvalue weighted by Crippen LogP contribution is 2.29. The largest absolute Gasteiger partial charge is 0.420 e. The third-order valence-corrected chi connectivity index (χ3v) is 4.09. The van der Waals surface area contributed by atoms with E-state index in [2.05, 4.69) is 31.4 Å². The lowest BCUT2D eigenvalue weighted by Crippen LogP contribution is -2.24. The first kappa shape index (κ1) is 19.1. The molecule has 1 heterocycles. The maximum atomic E-state index is 12.7. The number of benzene rings is 2. The predicted molar refractivity (Wildman–Crippen MR) is 94.4 cm³/mol. The summed E-state index contributed by atoms with van der Waals surface area (Å²) in [6.07, 6.45) is -4.59. The lowest BCUT2D eigenvalue weighted by Gasteiger charge is -2.09. The molecule has 3 rings (SSSR count). The number of halogens is 4. The fourth-order valence-electron chi connectivity index (χ4n) is 2.32. The lowest BCUT2D eigenvalue weighted by atomic mass is 10.1. The van der Waals surface area contributed by atoms with Crippen molar-refractivity contribution in [2.75, 3.05) is 0 Å². The number of aromatic nitrogens is 2. The van der Waals surface area contributed by atoms with E-state index in [0.717, 1.165) is 16.6 Å². The number of rotatable bonds is 5. The van der Waals surface area contributed by atoms with Gasteiger partial charge in [-0.1, -0.05) is 34.1 Å². The van der Waals surface area contributed by atoms with Gasteiger partial charge in [0.25, 0.3) is 0 Å². The molecule has 0 spiro atoms. The van der Waals surface area contributed by atoms with Crippen LogP contribution in [0.4, 0.5) is 13.2 Å². The summed E-state index contributed by atoms with van der Waals surface area (Å²) in [6, 6.07) is 12.0. The van der Waals surface area contributed by atoms with Gasteiger partial charge in [0.05, 0.1) is 5.56 Å². The van der Waals surface area contributed by atoms with E-state index in [9.17, 15) is 18.0 Å². The Morgan fingerprint density at radius 3 is 2.63 bits per heavy atom. The minimum atomic E-state index is -4.42. The molecule has 1 aromatic heterocycles. The van der Waals surface area contributed by atoms with Crippen LogP contribution in [0.5, 0.6) is 0 Å². The molecule has 0 radical (unpaired) electrons. The Bertz CT molecular complexity index is 957. The zero-order valence-corrected chi connectivity index (χ0v) is 15.3. The fraction of sp³-hybridized carbons (Fsp3) is 0.167. The highest BCUT2D eigenvalue weighted by Gasteiger charge is 2.30. The number of hydrogen-bond donors (Lipinski definition) is 1. The van der Waals surface area contributed by atoms with Gasteiger partial charge in [-0.15, -0.1) is 10.2 Å². The van der Waals surface area contributed by atoms with Crippen LogP contribution in [0.2, 0.25) is 0 Å². The second-order valence-corrected chi connectivity index (χ2v) is 6.58. The van der Waals surface area contributed by atoms with E-state index < -0.39 is 17.6 Å². The number of amides is 1. The van der Waals surface area contributed by atoms with Gasteiger partial charge < -0.3 is 9.73 Å². The van der Waals surface area contributed by atoms with E-state index in [1.54, 1.807) is 12.1 Å². The first-order chi connectivity index (χ1) is 12.8. The number of nitrogens with zero attached hydrogens (tertiary/aromatic N) is 2. The lowest BCUT2D eigenvalue weighted by molar-refractivity contribution is -0.137. The van der Waals surface area contributed by atoms with E-state index in [-0.39, 0.29) is 24.7 Å². The maximum absolute atomic E-state index is 12.7. The van der Waals surface area contributed by atoms with Crippen LogP contribution in [0.15, 0.2) is 57.4 Å². The molecule has 140 valence electrons. The third kappa shape index (κ3) is 5.16. The molecule has 3 aromatic rings. The van der Waals surface area contributed by atoms with Crippen molar-refractivity contribution in [1.29, 1.82) is 0 Å². The van der Waals surface area contributed by atoms with Crippen molar-refractivity contribution in [3.63, 3.8) is 0 Å². The molecule has 1 amide bonds. The molecule has 0 fully saturated rings. The molecule has 0 unspecified atom stereocenters. The molecule has 27 heavy (non-hydrogen) atoms. The van der Waals surface area contributed by atoms with Crippen molar-refractivity contribution in [2.24, 2.45) is 0 Å². The van der Waals surface area contributed by atoms with Crippen LogP contribution in [0, 0.1) is 0 Å². The highest BCUT2D eigenvalue weighted by molar-refractivity contribution is 9.10. The standard InChI is InChI=1S/C18H13BrF3N3O2/c19-14-6-2-4-12(8-14)17-25-24-16(27-17)9-15(26)23-10-11-3-1-5-13(7-11)18(20,21)22/h1-8H,9-10H2,(H,23,26). The van der Waals surface area contributed by atoms with Crippen LogP contribution < -0.4 is 5.32 Å². The van der Waals surface area contributed by atoms with Crippen LogP contribution in [0.25, 0.3) is 11.5 Å². The Hall–Kier alpha value is -2.68. The molecule has 5 nitrogen and oxygen atoms in total. The van der Waals surface area contributed by atoms with Crippen molar-refractivity contribution in [1.82, 2.24) is 15.5 Å². The van der Waals surface area contributed by atoms with E-state index in [1.807, 2.05) is 12.1 Å². The van der Waals surface area contributed by atoms with Gasteiger partial charge in [-0.3, -0.25) is 4.79 Å². The van der Waals surface area contributed by atoms with Crippen molar-refractivity contribution < 1.29 is 22.4 Å². The first-order valence-electron chi connectivity index (χ1n) is 7.82. The predicted octanol–water partition coefficient (Wildman–Crippen LogP) is 4.38. The maximum Gasteiger partial charge on any atom is 0.416 e. The fourth-order valence-corrected chi connectivity index (χ4v) is 2.72. The average molecular weight is 440 g/mol. The molecule has 0 atom stereocenters. The number of carbonyl (C=O) groups is 1. The SMILES string of the molecule is O=C(Cc1nnc(-c2cccc(Br)c2)o1)NCc1cccc(C(F)(F)F)c1. The van der Waals surface area contributed by atoms with Crippen molar-refractivity contribution in [3.8, 4) is 11.5 Å². The van der Waals surface area contributed by atoms with Gasteiger partial charge in [0.2, 0.25) is 17.7 Å². The summed E-state index contributed by atoms with van der Waals surface area (Å²) in [7, 11) is 0. The number of alkyl halides is 3. The van der Waals surface area contributed by atoms with Crippen LogP contribution in [0.1, 0.15) is 17.0 Å². The average Bonchev–Trinajstić information content (AvgIpc) is 3.08. The molecule has 2 aromatic carbocycles. The van der Waals surface area contributed by atoms with Crippen LogP contribution in [-0.2, 0) is 23.9 Å². The Morgan fingerprint density at radius 2 is 1.89 bits per heavy atom. The van der Waals surface area contributed by atoms with Crippen molar-refractivity contribution in [3.05, 3.63) is 70.0 Å². The van der Waals surface area contributed by atoms with Crippen LogP contribution in [0.3, 0.4) is 0 Å². The highest BCUT2D eigenvalue weighted by atomic mass is 79.9. The van der Waals surface area contributed by atoms with Gasteiger partial charge in [-0.05, 0) is 35.9 Å². The van der Waals surface area contributed by atoms with Gasteiger partial charge in [-0.25, -0.2) is 0 Å². The Labute approximate surface area is 160 Å². The molecule has 0 aliphatic carbocycles. The van der Waals surface area contributed by atoms with Gasteiger partial charge in [0.1, 0.15) is 6.42 Å². The van der Waals surface area contributed by atoms with E-state index in [1.165, 1.54) is 12.1 Å². The Balaban J connectivity index is 1.59. The monoisotopic (exact) mass is 439 g/mol. The number of nitrogens with one attached hydrogen (secondary N) is 1. The zero-order chi connectivity index (χ0) is 19.4. The normalized spacial score (nSPS) is 11.4. The smallest absolute Gasteiger partial charge is 0.416 e. The quantitative estimate of drug-likeness (QED) is 0.640. The second kappa shape index (κ2) is 7.91. The summed E-state index contributed by atoms with van der Waals surface area (Å²) in [5.74, 6) is -0.0413. The van der Waals surface area contributed by atoms with E-state index in [4.69, 9.17) is 4.42 Å². The molecule has 0 saturated carbocycles. The number of hydrogen-bond acceptors (Lipinski definition) is 4. The van der Waals surface area contributed by atoms with Gasteiger partial charge in [0, 0.05) is 16.6 Å². The third-order valence-electron chi connectivity index (χ3n) is 3.59. The van der Waals surface area contributed by atoms with E-state index >= 15 is 0 Å². The summed E-state index contributed by atoms with van der Waals surface area (Å²) >= 11 is 3.34. The Morgan fingerprint density at radius 1 is 1.11 bits per heavy atom. The molecule has 0 bridgehead atoms. The summed E-state index contributed by atoms with van der Waals surface area (Å²) in [5, 5.41) is 10.3. The van der Waals surface area contributed by atoms with Gasteiger partial charge in [-0.2, -0.15) is 13.2 Å². The second-order valence-electron chi connectivity index (χ2n) is 5.66. The molecular weight excluding hydrogens is 427 g/mol. The van der Waals surface area contributed by atoms with E-state index in [0.29, 0.717) is 11.1 Å². The summed E-state index contributed by atoms with van der Waals surface area (Å²) in [4.78, 5) is 12.0. The summed E-state index contributed by atoms with van der Waals surface area (Å²) < 4.78 is 44.4. The topological polar surface area (TPSA) is 68.0 Å². The van der Waals surface area contributed by atoms with Crippen LogP contribution in [-0.4, -0.2) is 16.1 Å². The number of carbonyl (C=O) groups excluding carboxylic acids is 1. The molecule has 1 N–H and O–H groups in total. The minimum absolute atomic E-state index is 0.0324. The minimum Gasteiger partial charge on any atom is -0.420 e. The van der Waals surface area contributed by atoms with Crippen LogP contribution >= 0.6 is 15.9 Å². The molecule has 0 aliphatic heterocycles. The Kier molecular flexibility index (Phi) is 5.59. The molecule has 0 saturated heterocycles. The van der Waals surface area contributed by atoms with Crippen molar-refractivity contribution >= 4 is 21.8 Å². The summed E-state index contributed by atoms with van der Waals surface area (Å²) in [6.45, 7) is -0.0324.